The number of nitrogen functional groups attached to an aromatic ring is 1. The van der Waals surface area contributed by atoms with Crippen LogP contribution >= 0.6 is 0 Å². The quantitative estimate of drug-likeness (QED) is 0.836. The number of methoxy groups -OCH3 is 1. The zero-order chi connectivity index (χ0) is 13.1. The van der Waals surface area contributed by atoms with Gasteiger partial charge in [0.05, 0.1) is 12.8 Å². The first kappa shape index (κ1) is 13.0. The number of hydrogen-bond donors (Lipinski definition) is 1. The molecule has 4 nitrogen and oxygen atoms in total. The Morgan fingerprint density at radius 2 is 1.94 bits per heavy atom. The third kappa shape index (κ3) is 2.53. The van der Waals surface area contributed by atoms with E-state index < -0.39 is 0 Å². The molecule has 0 amide bonds. The van der Waals surface area contributed by atoms with Crippen molar-refractivity contribution in [1.29, 1.82) is 0 Å². The third-order valence-electron chi connectivity index (χ3n) is 3.52. The van der Waals surface area contributed by atoms with Crippen molar-refractivity contribution in [2.75, 3.05) is 45.1 Å². The van der Waals surface area contributed by atoms with Crippen LogP contribution < -0.4 is 15.4 Å². The van der Waals surface area contributed by atoms with Crippen LogP contribution in [-0.4, -0.2) is 34.4 Å². The predicted octanol–water partition coefficient (Wildman–Crippen LogP) is 2.24. The van der Waals surface area contributed by atoms with Gasteiger partial charge >= 0.3 is 0 Å². The number of nitrogens with zero attached hydrogens (tertiary/aromatic N) is 1. The minimum atomic E-state index is 0.532. The molecule has 2 N–H and O–H groups in total. The van der Waals surface area contributed by atoms with Crippen LogP contribution in [0.25, 0.3) is 0 Å². The summed E-state index contributed by atoms with van der Waals surface area (Å²) in [6.45, 7) is 1.67. The highest BCUT2D eigenvalue weighted by atomic mass is 16.5. The van der Waals surface area contributed by atoms with Gasteiger partial charge in [-0.3, -0.25) is 0 Å². The molecule has 1 aliphatic rings. The number of nitrogens with two attached hydrogens (primary N) is 1. The van der Waals surface area contributed by atoms with E-state index in [9.17, 15) is 0 Å². The molecule has 0 aromatic heterocycles. The van der Waals surface area contributed by atoms with E-state index in [0.717, 1.165) is 31.8 Å². The monoisotopic (exact) mass is 250 g/mol. The third-order valence-corrected chi connectivity index (χ3v) is 3.52. The van der Waals surface area contributed by atoms with Gasteiger partial charge < -0.3 is 20.1 Å². The Kier molecular flexibility index (Phi) is 3.97. The van der Waals surface area contributed by atoms with Gasteiger partial charge in [-0.15, -0.1) is 0 Å². The van der Waals surface area contributed by atoms with Gasteiger partial charge in [-0.05, 0) is 30.4 Å². The van der Waals surface area contributed by atoms with Crippen LogP contribution in [0.15, 0.2) is 12.1 Å². The van der Waals surface area contributed by atoms with Gasteiger partial charge in [-0.2, -0.15) is 0 Å². The lowest BCUT2D eigenvalue weighted by Gasteiger charge is -2.28. The molecule has 1 aromatic rings. The highest BCUT2D eigenvalue weighted by Crippen LogP contribution is 2.38. The van der Waals surface area contributed by atoms with E-state index in [1.54, 1.807) is 7.11 Å². The number of hydrogen-bond acceptors (Lipinski definition) is 4. The fraction of sp³-hybridized carbons (Fsp3) is 0.571. The Morgan fingerprint density at radius 1 is 1.28 bits per heavy atom. The maximum atomic E-state index is 6.03. The first-order valence-corrected chi connectivity index (χ1v) is 6.36. The Hall–Kier alpha value is -1.42. The number of rotatable bonds is 3. The molecule has 1 saturated heterocycles. The van der Waals surface area contributed by atoms with Crippen LogP contribution in [0.4, 0.5) is 11.4 Å². The van der Waals surface area contributed by atoms with Crippen molar-refractivity contribution in [3.63, 3.8) is 0 Å². The van der Waals surface area contributed by atoms with E-state index in [-0.39, 0.29) is 0 Å². The fourth-order valence-corrected chi connectivity index (χ4v) is 2.50. The predicted molar refractivity (Wildman–Crippen MR) is 74.5 cm³/mol. The molecule has 100 valence electrons. The van der Waals surface area contributed by atoms with Gasteiger partial charge in [0.15, 0.2) is 0 Å². The molecule has 0 radical (unpaired) electrons. The first-order valence-electron chi connectivity index (χ1n) is 6.36. The molecule has 4 heteroatoms. The van der Waals surface area contributed by atoms with E-state index in [1.807, 2.05) is 20.2 Å². The maximum Gasteiger partial charge on any atom is 0.143 e. The molecule has 0 saturated carbocycles. The Morgan fingerprint density at radius 3 is 2.50 bits per heavy atom. The zero-order valence-corrected chi connectivity index (χ0v) is 11.4. The lowest BCUT2D eigenvalue weighted by molar-refractivity contribution is 0.0854. The largest absolute Gasteiger partial charge is 0.495 e. The van der Waals surface area contributed by atoms with Gasteiger partial charge in [0.25, 0.3) is 0 Å². The minimum absolute atomic E-state index is 0.532. The average Bonchev–Trinajstić information content (AvgIpc) is 2.39. The van der Waals surface area contributed by atoms with Gasteiger partial charge in [-0.1, -0.05) is 0 Å². The summed E-state index contributed by atoms with van der Waals surface area (Å²) in [4.78, 5) is 2.12. The van der Waals surface area contributed by atoms with Gasteiger partial charge in [-0.25, -0.2) is 0 Å². The van der Waals surface area contributed by atoms with E-state index in [1.165, 1.54) is 11.3 Å². The van der Waals surface area contributed by atoms with Crippen molar-refractivity contribution in [1.82, 2.24) is 0 Å². The van der Waals surface area contributed by atoms with Crippen molar-refractivity contribution >= 4 is 11.4 Å². The summed E-state index contributed by atoms with van der Waals surface area (Å²) in [5.74, 6) is 1.28. The van der Waals surface area contributed by atoms with E-state index in [4.69, 9.17) is 15.2 Å². The molecule has 0 unspecified atom stereocenters. The summed E-state index contributed by atoms with van der Waals surface area (Å²) in [5.41, 5.74) is 9.24. The first-order chi connectivity index (χ1) is 8.63. The normalized spacial score (nSPS) is 16.6. The summed E-state index contributed by atoms with van der Waals surface area (Å²) in [7, 11) is 5.75. The van der Waals surface area contributed by atoms with Crippen LogP contribution in [0.5, 0.6) is 5.75 Å². The summed E-state index contributed by atoms with van der Waals surface area (Å²) in [5, 5.41) is 0. The van der Waals surface area contributed by atoms with E-state index in [0.29, 0.717) is 11.6 Å². The molecule has 0 bridgehead atoms. The Balaban J connectivity index is 2.40. The summed E-state index contributed by atoms with van der Waals surface area (Å²) < 4.78 is 10.7. The van der Waals surface area contributed by atoms with Gasteiger partial charge in [0.2, 0.25) is 0 Å². The maximum absolute atomic E-state index is 6.03. The second-order valence-corrected chi connectivity index (χ2v) is 4.93. The number of anilines is 2. The number of ether oxygens (including phenoxy) is 2. The lowest BCUT2D eigenvalue weighted by Crippen LogP contribution is -2.19. The molecule has 1 fully saturated rings. The SMILES string of the molecule is COc1cc(N(C)C)c(C2CCOCC2)cc1N. The molecule has 1 aromatic carbocycles. The van der Waals surface area contributed by atoms with Crippen molar-refractivity contribution < 1.29 is 9.47 Å². The molecule has 0 aliphatic carbocycles. The van der Waals surface area contributed by atoms with E-state index in [2.05, 4.69) is 11.0 Å². The van der Waals surface area contributed by atoms with Crippen LogP contribution in [0.3, 0.4) is 0 Å². The second-order valence-electron chi connectivity index (χ2n) is 4.93. The molecular weight excluding hydrogens is 228 g/mol. The molecule has 2 rings (SSSR count). The Labute approximate surface area is 109 Å². The molecule has 1 aliphatic heterocycles. The van der Waals surface area contributed by atoms with Gasteiger partial charge in [0.1, 0.15) is 5.75 Å². The van der Waals surface area contributed by atoms with Gasteiger partial charge in [0, 0.05) is 39.1 Å². The summed E-state index contributed by atoms with van der Waals surface area (Å²) in [6.07, 6.45) is 2.12. The van der Waals surface area contributed by atoms with E-state index >= 15 is 0 Å². The summed E-state index contributed by atoms with van der Waals surface area (Å²) >= 11 is 0. The smallest absolute Gasteiger partial charge is 0.143 e. The zero-order valence-electron chi connectivity index (χ0n) is 11.4. The highest BCUT2D eigenvalue weighted by molar-refractivity contribution is 5.67. The van der Waals surface area contributed by atoms with Crippen LogP contribution in [0, 0.1) is 0 Å². The molecule has 18 heavy (non-hydrogen) atoms. The molecule has 1 heterocycles. The Bertz CT molecular complexity index is 413. The van der Waals surface area contributed by atoms with Crippen molar-refractivity contribution in [3.05, 3.63) is 17.7 Å². The van der Waals surface area contributed by atoms with Crippen LogP contribution in [0.1, 0.15) is 24.3 Å². The van der Waals surface area contributed by atoms with Crippen LogP contribution in [-0.2, 0) is 4.74 Å². The standard InChI is InChI=1S/C14H22N2O2/c1-16(2)13-9-14(17-3)12(15)8-11(13)10-4-6-18-7-5-10/h8-10H,4-7,15H2,1-3H3. The molecule has 0 atom stereocenters. The van der Waals surface area contributed by atoms with Crippen molar-refractivity contribution in [2.24, 2.45) is 0 Å². The minimum Gasteiger partial charge on any atom is -0.495 e. The fourth-order valence-electron chi connectivity index (χ4n) is 2.50. The highest BCUT2D eigenvalue weighted by Gasteiger charge is 2.21. The average molecular weight is 250 g/mol. The van der Waals surface area contributed by atoms with Crippen LogP contribution in [0.2, 0.25) is 0 Å². The van der Waals surface area contributed by atoms with Crippen molar-refractivity contribution in [3.8, 4) is 5.75 Å². The molecule has 0 spiro atoms. The van der Waals surface area contributed by atoms with Crippen molar-refractivity contribution in [2.45, 2.75) is 18.8 Å². The lowest BCUT2D eigenvalue weighted by atomic mass is 9.89. The number of benzene rings is 1. The topological polar surface area (TPSA) is 47.7 Å². The molecular formula is C14H22N2O2. The summed E-state index contributed by atoms with van der Waals surface area (Å²) in [6, 6.07) is 4.09. The second kappa shape index (κ2) is 5.48.